The standard InChI is InChI=1S/C23H17FN4O2/c24-17-5-4-6-19(13-17)26-23(30)21-14-28(20-7-2-1-3-8-20)27-22(21)16-9-11-18(12-10-16)25-15-29/h1-15H,(H,25,29)(H,26,30). The second-order valence-corrected chi connectivity index (χ2v) is 6.48. The van der Waals surface area contributed by atoms with E-state index in [9.17, 15) is 14.0 Å². The van der Waals surface area contributed by atoms with Gasteiger partial charge in [0.25, 0.3) is 5.91 Å². The Balaban J connectivity index is 1.74. The molecule has 0 spiro atoms. The maximum atomic E-state index is 13.5. The molecule has 2 amide bonds. The molecule has 0 radical (unpaired) electrons. The molecule has 4 aromatic rings. The van der Waals surface area contributed by atoms with Crippen LogP contribution in [0.25, 0.3) is 16.9 Å². The minimum absolute atomic E-state index is 0.333. The molecule has 1 aromatic heterocycles. The molecule has 30 heavy (non-hydrogen) atoms. The number of carbonyl (C=O) groups excluding carboxylic acids is 2. The summed E-state index contributed by atoms with van der Waals surface area (Å²) in [5.41, 5.74) is 3.27. The van der Waals surface area contributed by atoms with Crippen LogP contribution < -0.4 is 10.6 Å². The number of hydrogen-bond donors (Lipinski definition) is 2. The third kappa shape index (κ3) is 4.10. The SMILES string of the molecule is O=CNc1ccc(-c2nn(-c3ccccc3)cc2C(=O)Nc2cccc(F)c2)cc1. The van der Waals surface area contributed by atoms with E-state index in [0.29, 0.717) is 34.6 Å². The number of hydrogen-bond acceptors (Lipinski definition) is 3. The summed E-state index contributed by atoms with van der Waals surface area (Å²) >= 11 is 0. The lowest BCUT2D eigenvalue weighted by Crippen LogP contribution is -2.12. The third-order valence-electron chi connectivity index (χ3n) is 4.45. The highest BCUT2D eigenvalue weighted by Gasteiger charge is 2.19. The summed E-state index contributed by atoms with van der Waals surface area (Å²) in [6.45, 7) is 0. The summed E-state index contributed by atoms with van der Waals surface area (Å²) in [6, 6.07) is 22.1. The van der Waals surface area contributed by atoms with Gasteiger partial charge in [0.05, 0.1) is 11.3 Å². The molecular weight excluding hydrogens is 383 g/mol. The van der Waals surface area contributed by atoms with Crippen LogP contribution in [0.5, 0.6) is 0 Å². The summed E-state index contributed by atoms with van der Waals surface area (Å²) in [4.78, 5) is 23.6. The van der Waals surface area contributed by atoms with Crippen molar-refractivity contribution in [2.45, 2.75) is 0 Å². The molecule has 0 aliphatic heterocycles. The van der Waals surface area contributed by atoms with E-state index >= 15 is 0 Å². The van der Waals surface area contributed by atoms with Crippen LogP contribution in [0.1, 0.15) is 10.4 Å². The molecular formula is C23H17FN4O2. The molecule has 1 heterocycles. The van der Waals surface area contributed by atoms with Crippen molar-refractivity contribution in [3.63, 3.8) is 0 Å². The molecule has 0 atom stereocenters. The van der Waals surface area contributed by atoms with Gasteiger partial charge in [-0.15, -0.1) is 0 Å². The van der Waals surface area contributed by atoms with Crippen LogP contribution in [-0.2, 0) is 4.79 Å². The molecule has 4 rings (SSSR count). The molecule has 7 heteroatoms. The molecule has 0 aliphatic rings. The molecule has 0 unspecified atom stereocenters. The zero-order chi connectivity index (χ0) is 20.9. The predicted octanol–water partition coefficient (Wildman–Crippen LogP) is 4.50. The molecule has 0 fully saturated rings. The van der Waals surface area contributed by atoms with Crippen molar-refractivity contribution >= 4 is 23.7 Å². The number of amides is 2. The van der Waals surface area contributed by atoms with Gasteiger partial charge in [-0.3, -0.25) is 9.59 Å². The van der Waals surface area contributed by atoms with Crippen LogP contribution in [0.4, 0.5) is 15.8 Å². The minimum atomic E-state index is -0.439. The van der Waals surface area contributed by atoms with Gasteiger partial charge in [-0.25, -0.2) is 9.07 Å². The highest BCUT2D eigenvalue weighted by atomic mass is 19.1. The van der Waals surface area contributed by atoms with Gasteiger partial charge in [-0.05, 0) is 42.5 Å². The smallest absolute Gasteiger partial charge is 0.259 e. The number of benzene rings is 3. The lowest BCUT2D eigenvalue weighted by molar-refractivity contribution is -0.105. The van der Waals surface area contributed by atoms with Gasteiger partial charge in [-0.2, -0.15) is 5.10 Å². The molecule has 0 saturated heterocycles. The van der Waals surface area contributed by atoms with Crippen molar-refractivity contribution in [2.24, 2.45) is 0 Å². The number of rotatable bonds is 6. The number of carbonyl (C=O) groups is 2. The summed E-state index contributed by atoms with van der Waals surface area (Å²) < 4.78 is 15.1. The number of aromatic nitrogens is 2. The van der Waals surface area contributed by atoms with Crippen molar-refractivity contribution in [1.82, 2.24) is 9.78 Å². The van der Waals surface area contributed by atoms with Crippen LogP contribution >= 0.6 is 0 Å². The largest absolute Gasteiger partial charge is 0.329 e. The maximum absolute atomic E-state index is 13.5. The van der Waals surface area contributed by atoms with Gasteiger partial charge in [0.1, 0.15) is 11.5 Å². The average Bonchev–Trinajstić information content (AvgIpc) is 3.21. The highest BCUT2D eigenvalue weighted by molar-refractivity contribution is 6.08. The number of anilines is 2. The first-order chi connectivity index (χ1) is 14.6. The second-order valence-electron chi connectivity index (χ2n) is 6.48. The Morgan fingerprint density at radius 3 is 2.40 bits per heavy atom. The molecule has 6 nitrogen and oxygen atoms in total. The van der Waals surface area contributed by atoms with Crippen molar-refractivity contribution < 1.29 is 14.0 Å². The zero-order valence-corrected chi connectivity index (χ0v) is 15.7. The van der Waals surface area contributed by atoms with Gasteiger partial charge in [0, 0.05) is 23.1 Å². The fourth-order valence-electron chi connectivity index (χ4n) is 3.02. The van der Waals surface area contributed by atoms with Crippen molar-refractivity contribution in [1.29, 1.82) is 0 Å². The van der Waals surface area contributed by atoms with E-state index in [2.05, 4.69) is 15.7 Å². The summed E-state index contributed by atoms with van der Waals surface area (Å²) in [5.74, 6) is -0.848. The van der Waals surface area contributed by atoms with Gasteiger partial charge in [0.2, 0.25) is 6.41 Å². The number of halogens is 1. The lowest BCUT2D eigenvalue weighted by Gasteiger charge is -2.06. The van der Waals surface area contributed by atoms with Gasteiger partial charge < -0.3 is 10.6 Å². The topological polar surface area (TPSA) is 76.0 Å². The first-order valence-electron chi connectivity index (χ1n) is 9.16. The monoisotopic (exact) mass is 400 g/mol. The third-order valence-corrected chi connectivity index (χ3v) is 4.45. The predicted molar refractivity (Wildman–Crippen MR) is 113 cm³/mol. The Morgan fingerprint density at radius 2 is 1.70 bits per heavy atom. The van der Waals surface area contributed by atoms with Crippen LogP contribution in [0.15, 0.2) is 85.1 Å². The summed E-state index contributed by atoms with van der Waals surface area (Å²) in [6.07, 6.45) is 2.23. The molecule has 0 saturated carbocycles. The molecule has 148 valence electrons. The van der Waals surface area contributed by atoms with Gasteiger partial charge in [0.15, 0.2) is 0 Å². The van der Waals surface area contributed by atoms with E-state index in [1.165, 1.54) is 18.2 Å². The zero-order valence-electron chi connectivity index (χ0n) is 15.7. The lowest BCUT2D eigenvalue weighted by atomic mass is 10.1. The molecule has 3 aromatic carbocycles. The average molecular weight is 400 g/mol. The molecule has 2 N–H and O–H groups in total. The highest BCUT2D eigenvalue weighted by Crippen LogP contribution is 2.26. The van der Waals surface area contributed by atoms with Crippen LogP contribution in [-0.4, -0.2) is 22.1 Å². The second kappa shape index (κ2) is 8.40. The van der Waals surface area contributed by atoms with Crippen molar-refractivity contribution in [2.75, 3.05) is 10.6 Å². The van der Waals surface area contributed by atoms with E-state index in [1.54, 1.807) is 41.2 Å². The Kier molecular flexibility index (Phi) is 5.34. The maximum Gasteiger partial charge on any atom is 0.259 e. The Morgan fingerprint density at radius 1 is 0.933 bits per heavy atom. The van der Waals surface area contributed by atoms with E-state index in [-0.39, 0.29) is 0 Å². The van der Waals surface area contributed by atoms with E-state index in [1.807, 2.05) is 30.3 Å². The Bertz CT molecular complexity index is 1190. The van der Waals surface area contributed by atoms with E-state index in [4.69, 9.17) is 0 Å². The van der Waals surface area contributed by atoms with E-state index in [0.717, 1.165) is 5.69 Å². The minimum Gasteiger partial charge on any atom is -0.329 e. The number of nitrogens with one attached hydrogen (secondary N) is 2. The number of para-hydroxylation sites is 1. The first kappa shape index (κ1) is 19.1. The van der Waals surface area contributed by atoms with Gasteiger partial charge >= 0.3 is 0 Å². The molecule has 0 bridgehead atoms. The first-order valence-corrected chi connectivity index (χ1v) is 9.16. The molecule has 0 aliphatic carbocycles. The normalized spacial score (nSPS) is 10.4. The van der Waals surface area contributed by atoms with Crippen LogP contribution in [0.3, 0.4) is 0 Å². The summed E-state index contributed by atoms with van der Waals surface area (Å²) in [7, 11) is 0. The fraction of sp³-hybridized carbons (Fsp3) is 0. The Labute approximate surface area is 172 Å². The Hall–Kier alpha value is -4.26. The van der Waals surface area contributed by atoms with Crippen LogP contribution in [0.2, 0.25) is 0 Å². The number of nitrogens with zero attached hydrogens (tertiary/aromatic N) is 2. The van der Waals surface area contributed by atoms with Crippen LogP contribution in [0, 0.1) is 5.82 Å². The quantitative estimate of drug-likeness (QED) is 0.468. The van der Waals surface area contributed by atoms with Crippen molar-refractivity contribution in [3.05, 3.63) is 96.4 Å². The fourth-order valence-corrected chi connectivity index (χ4v) is 3.02. The summed E-state index contributed by atoms with van der Waals surface area (Å²) in [5, 5.41) is 9.88. The van der Waals surface area contributed by atoms with Crippen molar-refractivity contribution in [3.8, 4) is 16.9 Å². The van der Waals surface area contributed by atoms with E-state index < -0.39 is 11.7 Å². The van der Waals surface area contributed by atoms with Gasteiger partial charge in [-0.1, -0.05) is 36.4 Å².